The van der Waals surface area contributed by atoms with E-state index in [0.717, 1.165) is 32.4 Å². The number of ether oxygens (including phenoxy) is 1. The van der Waals surface area contributed by atoms with E-state index in [1.54, 1.807) is 30.3 Å². The molecule has 10 heteroatoms. The fraction of sp³-hybridized carbons (Fsp3) is 0.318. The van der Waals surface area contributed by atoms with Crippen molar-refractivity contribution in [2.75, 3.05) is 35.2 Å². The van der Waals surface area contributed by atoms with Crippen molar-refractivity contribution in [2.24, 2.45) is 0 Å². The molecule has 168 valence electrons. The number of rotatable bonds is 7. The molecule has 1 fully saturated rings. The van der Waals surface area contributed by atoms with E-state index in [1.807, 2.05) is 4.90 Å². The molecule has 0 bridgehead atoms. The Morgan fingerprint density at radius 1 is 1.00 bits per heavy atom. The number of benzene rings is 2. The second-order valence-electron chi connectivity index (χ2n) is 7.39. The van der Waals surface area contributed by atoms with E-state index in [1.165, 1.54) is 19.1 Å². The summed E-state index contributed by atoms with van der Waals surface area (Å²) in [6.45, 7) is 2.33. The van der Waals surface area contributed by atoms with Crippen molar-refractivity contribution in [3.8, 4) is 0 Å². The molecule has 2 N–H and O–H groups in total. The minimum Gasteiger partial charge on any atom is -0.452 e. The van der Waals surface area contributed by atoms with Gasteiger partial charge in [-0.15, -0.1) is 0 Å². The molecule has 1 saturated heterocycles. The van der Waals surface area contributed by atoms with Crippen molar-refractivity contribution in [2.45, 2.75) is 26.2 Å². The van der Waals surface area contributed by atoms with Crippen molar-refractivity contribution < 1.29 is 24.0 Å². The lowest BCUT2D eigenvalue weighted by atomic mass is 10.1. The summed E-state index contributed by atoms with van der Waals surface area (Å²) in [6, 6.07) is 10.5. The Labute approximate surface area is 184 Å². The number of nitro groups is 1. The first kappa shape index (κ1) is 22.7. The lowest BCUT2D eigenvalue weighted by molar-refractivity contribution is -0.384. The van der Waals surface area contributed by atoms with Crippen LogP contribution in [0.15, 0.2) is 42.5 Å². The Morgan fingerprint density at radius 3 is 2.22 bits per heavy atom. The van der Waals surface area contributed by atoms with Crippen LogP contribution in [0.4, 0.5) is 22.7 Å². The van der Waals surface area contributed by atoms with Crippen LogP contribution in [0, 0.1) is 10.1 Å². The predicted octanol–water partition coefficient (Wildman–Crippen LogP) is 3.34. The molecule has 0 aromatic heterocycles. The van der Waals surface area contributed by atoms with Gasteiger partial charge < -0.3 is 20.3 Å². The summed E-state index contributed by atoms with van der Waals surface area (Å²) in [6.07, 6.45) is 3.03. The molecule has 3 rings (SSSR count). The van der Waals surface area contributed by atoms with Crippen molar-refractivity contribution in [1.82, 2.24) is 0 Å². The average molecular weight is 440 g/mol. The van der Waals surface area contributed by atoms with E-state index in [9.17, 15) is 24.5 Å². The number of piperidine rings is 1. The van der Waals surface area contributed by atoms with Crippen LogP contribution in [0.25, 0.3) is 0 Å². The number of anilines is 3. The first-order valence-electron chi connectivity index (χ1n) is 10.2. The van der Waals surface area contributed by atoms with Gasteiger partial charge in [0.15, 0.2) is 6.61 Å². The first-order chi connectivity index (χ1) is 15.3. The van der Waals surface area contributed by atoms with Crippen LogP contribution in [-0.4, -0.2) is 42.4 Å². The Kier molecular flexibility index (Phi) is 7.37. The highest BCUT2D eigenvalue weighted by atomic mass is 16.6. The Hall–Kier alpha value is -3.95. The van der Waals surface area contributed by atoms with Crippen LogP contribution in [0.3, 0.4) is 0 Å². The summed E-state index contributed by atoms with van der Waals surface area (Å²) >= 11 is 0. The number of carbonyl (C=O) groups excluding carboxylic acids is 3. The lowest BCUT2D eigenvalue weighted by Crippen LogP contribution is -2.31. The monoisotopic (exact) mass is 440 g/mol. The van der Waals surface area contributed by atoms with Gasteiger partial charge in [0.05, 0.1) is 16.2 Å². The van der Waals surface area contributed by atoms with Gasteiger partial charge in [-0.1, -0.05) is 0 Å². The maximum Gasteiger partial charge on any atom is 0.341 e. The molecule has 0 aliphatic carbocycles. The third-order valence-electron chi connectivity index (χ3n) is 4.93. The highest BCUT2D eigenvalue weighted by molar-refractivity contribution is 5.99. The van der Waals surface area contributed by atoms with Gasteiger partial charge in [-0.2, -0.15) is 0 Å². The SMILES string of the molecule is CC(=O)Nc1ccc(NC(=O)COC(=O)c2cc([N+](=O)[O-])ccc2N2CCCCC2)cc1. The summed E-state index contributed by atoms with van der Waals surface area (Å²) in [7, 11) is 0. The maximum atomic E-state index is 12.7. The van der Waals surface area contributed by atoms with Crippen LogP contribution in [0.5, 0.6) is 0 Å². The maximum absolute atomic E-state index is 12.7. The second-order valence-corrected chi connectivity index (χ2v) is 7.39. The van der Waals surface area contributed by atoms with Crippen LogP contribution >= 0.6 is 0 Å². The number of non-ortho nitro benzene ring substituents is 1. The van der Waals surface area contributed by atoms with Crippen LogP contribution in [0.1, 0.15) is 36.5 Å². The fourth-order valence-electron chi connectivity index (χ4n) is 3.46. The lowest BCUT2D eigenvalue weighted by Gasteiger charge is -2.30. The molecule has 32 heavy (non-hydrogen) atoms. The average Bonchev–Trinajstić information content (AvgIpc) is 2.78. The number of nitrogens with one attached hydrogen (secondary N) is 2. The third kappa shape index (κ3) is 6.03. The van der Waals surface area contributed by atoms with E-state index >= 15 is 0 Å². The molecular weight excluding hydrogens is 416 g/mol. The number of nitrogens with zero attached hydrogens (tertiary/aromatic N) is 2. The summed E-state index contributed by atoms with van der Waals surface area (Å²) in [4.78, 5) is 48.5. The largest absolute Gasteiger partial charge is 0.452 e. The molecule has 2 amide bonds. The van der Waals surface area contributed by atoms with Crippen molar-refractivity contribution in [1.29, 1.82) is 0 Å². The van der Waals surface area contributed by atoms with E-state index in [4.69, 9.17) is 4.74 Å². The smallest absolute Gasteiger partial charge is 0.341 e. The molecule has 0 atom stereocenters. The second kappa shape index (κ2) is 10.4. The summed E-state index contributed by atoms with van der Waals surface area (Å²) in [5, 5.41) is 16.4. The molecule has 1 heterocycles. The van der Waals surface area contributed by atoms with E-state index in [2.05, 4.69) is 10.6 Å². The number of hydrogen-bond acceptors (Lipinski definition) is 7. The summed E-state index contributed by atoms with van der Waals surface area (Å²) < 4.78 is 5.15. The third-order valence-corrected chi connectivity index (χ3v) is 4.93. The van der Waals surface area contributed by atoms with E-state index < -0.39 is 23.4 Å². The minimum atomic E-state index is -0.801. The molecule has 1 aliphatic rings. The normalized spacial score (nSPS) is 13.2. The Bertz CT molecular complexity index is 1020. The van der Waals surface area contributed by atoms with Gasteiger partial charge >= 0.3 is 5.97 Å². The molecule has 0 spiro atoms. The van der Waals surface area contributed by atoms with Gasteiger partial charge in [-0.25, -0.2) is 4.79 Å². The zero-order valence-corrected chi connectivity index (χ0v) is 17.6. The molecule has 2 aromatic carbocycles. The van der Waals surface area contributed by atoms with Gasteiger partial charge in [0, 0.05) is 43.5 Å². The molecule has 2 aromatic rings. The number of esters is 1. The Balaban J connectivity index is 1.65. The van der Waals surface area contributed by atoms with E-state index in [-0.39, 0.29) is 17.2 Å². The number of nitro benzene ring substituents is 1. The number of carbonyl (C=O) groups is 3. The Morgan fingerprint density at radius 2 is 1.62 bits per heavy atom. The van der Waals surface area contributed by atoms with Gasteiger partial charge in [-0.05, 0) is 49.6 Å². The standard InChI is InChI=1S/C22H24N4O6/c1-15(27)23-16-5-7-17(8-6-16)24-21(28)14-32-22(29)19-13-18(26(30)31)9-10-20(19)25-11-3-2-4-12-25/h5-10,13H,2-4,11-12,14H2,1H3,(H,23,27)(H,24,28). The molecular formula is C22H24N4O6. The zero-order chi connectivity index (χ0) is 23.1. The minimum absolute atomic E-state index is 0.0635. The topological polar surface area (TPSA) is 131 Å². The summed E-state index contributed by atoms with van der Waals surface area (Å²) in [5.74, 6) is -1.57. The highest BCUT2D eigenvalue weighted by Gasteiger charge is 2.23. The fourth-order valence-corrected chi connectivity index (χ4v) is 3.46. The molecule has 0 radical (unpaired) electrons. The van der Waals surface area contributed by atoms with Crippen molar-refractivity contribution in [3.05, 3.63) is 58.1 Å². The van der Waals surface area contributed by atoms with Crippen LogP contribution in [0.2, 0.25) is 0 Å². The summed E-state index contributed by atoms with van der Waals surface area (Å²) in [5.41, 5.74) is 1.45. The van der Waals surface area contributed by atoms with Gasteiger partial charge in [0.25, 0.3) is 11.6 Å². The first-order valence-corrected chi connectivity index (χ1v) is 10.2. The highest BCUT2D eigenvalue weighted by Crippen LogP contribution is 2.28. The van der Waals surface area contributed by atoms with Gasteiger partial charge in [0.2, 0.25) is 5.91 Å². The predicted molar refractivity (Wildman–Crippen MR) is 119 cm³/mol. The molecule has 10 nitrogen and oxygen atoms in total. The van der Waals surface area contributed by atoms with Crippen LogP contribution < -0.4 is 15.5 Å². The van der Waals surface area contributed by atoms with Crippen molar-refractivity contribution >= 4 is 40.5 Å². The number of hydrogen-bond donors (Lipinski definition) is 2. The molecule has 0 saturated carbocycles. The van der Waals surface area contributed by atoms with Crippen LogP contribution in [-0.2, 0) is 14.3 Å². The zero-order valence-electron chi connectivity index (χ0n) is 17.6. The van der Waals surface area contributed by atoms with Crippen molar-refractivity contribution in [3.63, 3.8) is 0 Å². The van der Waals surface area contributed by atoms with E-state index in [0.29, 0.717) is 17.1 Å². The quantitative estimate of drug-likeness (QED) is 0.383. The van der Waals surface area contributed by atoms with Gasteiger partial charge in [-0.3, -0.25) is 19.7 Å². The molecule has 1 aliphatic heterocycles. The molecule has 0 unspecified atom stereocenters. The number of amides is 2. The van der Waals surface area contributed by atoms with Gasteiger partial charge in [0.1, 0.15) is 0 Å².